The second-order valence-corrected chi connectivity index (χ2v) is 4.89. The maximum Gasteiger partial charge on any atom is 0.221 e. The van der Waals surface area contributed by atoms with E-state index in [4.69, 9.17) is 5.73 Å². The van der Waals surface area contributed by atoms with Gasteiger partial charge >= 0.3 is 0 Å². The average molecular weight is 225 g/mol. The lowest BCUT2D eigenvalue weighted by Gasteiger charge is -2.09. The van der Waals surface area contributed by atoms with Crippen LogP contribution in [0.5, 0.6) is 0 Å². The van der Waals surface area contributed by atoms with Gasteiger partial charge in [0.1, 0.15) is 5.01 Å². The topological polar surface area (TPSA) is 68.0 Å². The fourth-order valence-corrected chi connectivity index (χ4v) is 2.05. The van der Waals surface area contributed by atoms with Gasteiger partial charge in [-0.3, -0.25) is 4.79 Å². The summed E-state index contributed by atoms with van der Waals surface area (Å²) < 4.78 is 0. The molecule has 1 aliphatic rings. The molecule has 3 N–H and O–H groups in total. The number of nitrogens with one attached hydrogen (secondary N) is 1. The highest BCUT2D eigenvalue weighted by Gasteiger charge is 2.29. The quantitative estimate of drug-likeness (QED) is 0.782. The number of nitrogens with zero attached hydrogens (tertiary/aromatic N) is 1. The molecule has 0 aromatic carbocycles. The largest absolute Gasteiger partial charge is 0.350 e. The fourth-order valence-electron chi connectivity index (χ4n) is 1.49. The Balaban J connectivity index is 1.68. The van der Waals surface area contributed by atoms with Crippen LogP contribution in [0.1, 0.15) is 24.3 Å². The van der Waals surface area contributed by atoms with Gasteiger partial charge < -0.3 is 11.1 Å². The Morgan fingerprint density at radius 3 is 3.13 bits per heavy atom. The summed E-state index contributed by atoms with van der Waals surface area (Å²) in [5.41, 5.74) is 5.85. The fraction of sp³-hybridized carbons (Fsp3) is 0.600. The van der Waals surface area contributed by atoms with Crippen molar-refractivity contribution in [3.8, 4) is 0 Å². The lowest BCUT2D eigenvalue weighted by Crippen LogP contribution is -2.32. The smallest absolute Gasteiger partial charge is 0.221 e. The number of rotatable bonds is 5. The molecule has 0 spiro atoms. The van der Waals surface area contributed by atoms with Crippen LogP contribution in [-0.4, -0.2) is 16.9 Å². The Morgan fingerprint density at radius 2 is 2.53 bits per heavy atom. The van der Waals surface area contributed by atoms with Gasteiger partial charge in [-0.15, -0.1) is 11.3 Å². The summed E-state index contributed by atoms with van der Waals surface area (Å²) in [6.45, 7) is 0.522. The second-order valence-electron chi connectivity index (χ2n) is 3.91. The third-order valence-electron chi connectivity index (χ3n) is 2.57. The first-order chi connectivity index (χ1) is 7.25. The molecule has 0 radical (unpaired) electrons. The first-order valence-electron chi connectivity index (χ1n) is 5.16. The Morgan fingerprint density at radius 1 is 1.73 bits per heavy atom. The number of amides is 1. The third kappa shape index (κ3) is 3.28. The van der Waals surface area contributed by atoms with E-state index in [1.807, 2.05) is 5.38 Å². The molecule has 1 aromatic heterocycles. The molecular formula is C10H15N3OS. The van der Waals surface area contributed by atoms with Gasteiger partial charge in [-0.1, -0.05) is 0 Å². The molecule has 1 aromatic rings. The van der Waals surface area contributed by atoms with Crippen LogP contribution in [0.3, 0.4) is 0 Å². The van der Waals surface area contributed by atoms with Crippen LogP contribution >= 0.6 is 11.3 Å². The minimum Gasteiger partial charge on any atom is -0.350 e. The van der Waals surface area contributed by atoms with Gasteiger partial charge in [0.15, 0.2) is 0 Å². The van der Waals surface area contributed by atoms with Crippen molar-refractivity contribution in [3.63, 3.8) is 0 Å². The molecule has 0 bridgehead atoms. The first-order valence-corrected chi connectivity index (χ1v) is 6.04. The molecule has 15 heavy (non-hydrogen) atoms. The maximum atomic E-state index is 11.5. The maximum absolute atomic E-state index is 11.5. The normalized spacial score (nSPS) is 17.4. The van der Waals surface area contributed by atoms with Crippen molar-refractivity contribution < 1.29 is 4.79 Å². The number of hydrogen-bond donors (Lipinski definition) is 2. The number of carbonyl (C=O) groups excluding carboxylic acids is 1. The molecule has 0 saturated heterocycles. The molecule has 1 saturated carbocycles. The van der Waals surface area contributed by atoms with Gasteiger partial charge in [-0.05, 0) is 18.8 Å². The molecule has 4 nitrogen and oxygen atoms in total. The molecule has 1 aliphatic carbocycles. The number of thiazole rings is 1. The van der Waals surface area contributed by atoms with Crippen LogP contribution in [-0.2, 0) is 11.3 Å². The summed E-state index contributed by atoms with van der Waals surface area (Å²) in [7, 11) is 0. The van der Waals surface area contributed by atoms with E-state index in [1.165, 1.54) is 12.8 Å². The van der Waals surface area contributed by atoms with Crippen molar-refractivity contribution >= 4 is 17.2 Å². The minimum atomic E-state index is 0.0320. The summed E-state index contributed by atoms with van der Waals surface area (Å²) in [5.74, 6) is 0.611. The summed E-state index contributed by atoms with van der Waals surface area (Å²) in [6, 6.07) is 0.0429. The predicted molar refractivity (Wildman–Crippen MR) is 59.3 cm³/mol. The van der Waals surface area contributed by atoms with Gasteiger partial charge in [0.05, 0.1) is 6.54 Å². The van der Waals surface area contributed by atoms with Gasteiger partial charge in [-0.25, -0.2) is 4.98 Å². The van der Waals surface area contributed by atoms with E-state index in [2.05, 4.69) is 10.3 Å². The lowest BCUT2D eigenvalue weighted by molar-refractivity contribution is -0.121. The van der Waals surface area contributed by atoms with Crippen LogP contribution in [0, 0.1) is 5.92 Å². The number of carbonyl (C=O) groups is 1. The molecule has 1 fully saturated rings. The van der Waals surface area contributed by atoms with Crippen LogP contribution in [0.2, 0.25) is 0 Å². The number of hydrogen-bond acceptors (Lipinski definition) is 4. The van der Waals surface area contributed by atoms with Crippen LogP contribution < -0.4 is 11.1 Å². The van der Waals surface area contributed by atoms with E-state index >= 15 is 0 Å². The van der Waals surface area contributed by atoms with Gasteiger partial charge in [0.25, 0.3) is 0 Å². The summed E-state index contributed by atoms with van der Waals surface area (Å²) in [5, 5.41) is 5.66. The zero-order valence-corrected chi connectivity index (χ0v) is 9.30. The molecule has 1 unspecified atom stereocenters. The van der Waals surface area contributed by atoms with E-state index in [-0.39, 0.29) is 11.9 Å². The number of aromatic nitrogens is 1. The molecule has 0 aliphatic heterocycles. The van der Waals surface area contributed by atoms with Gasteiger partial charge in [-0.2, -0.15) is 0 Å². The summed E-state index contributed by atoms with van der Waals surface area (Å²) >= 11 is 1.55. The SMILES string of the molecule is NC(CC(=O)NCc1nccs1)C1CC1. The average Bonchev–Trinajstić information content (AvgIpc) is 2.93. The van der Waals surface area contributed by atoms with Gasteiger partial charge in [0.2, 0.25) is 5.91 Å². The number of nitrogens with two attached hydrogens (primary N) is 1. The van der Waals surface area contributed by atoms with E-state index in [1.54, 1.807) is 17.5 Å². The van der Waals surface area contributed by atoms with Gasteiger partial charge in [0, 0.05) is 24.0 Å². The molecule has 1 atom stereocenters. The van der Waals surface area contributed by atoms with E-state index in [0.29, 0.717) is 18.9 Å². The van der Waals surface area contributed by atoms with Crippen molar-refractivity contribution in [3.05, 3.63) is 16.6 Å². The summed E-state index contributed by atoms with van der Waals surface area (Å²) in [6.07, 6.45) is 4.54. The van der Waals surface area contributed by atoms with E-state index < -0.39 is 0 Å². The molecule has 82 valence electrons. The second kappa shape index (κ2) is 4.72. The third-order valence-corrected chi connectivity index (χ3v) is 3.35. The highest BCUT2D eigenvalue weighted by atomic mass is 32.1. The van der Waals surface area contributed by atoms with Crippen LogP contribution in [0.4, 0.5) is 0 Å². The molecule has 2 rings (SSSR count). The highest BCUT2D eigenvalue weighted by Crippen LogP contribution is 2.32. The Labute approximate surface area is 92.9 Å². The Bertz CT molecular complexity index is 321. The zero-order chi connectivity index (χ0) is 10.7. The zero-order valence-electron chi connectivity index (χ0n) is 8.48. The van der Waals surface area contributed by atoms with Crippen molar-refractivity contribution in [2.75, 3.05) is 0 Å². The molecule has 5 heteroatoms. The Hall–Kier alpha value is -0.940. The Kier molecular flexibility index (Phi) is 3.33. The van der Waals surface area contributed by atoms with Crippen molar-refractivity contribution in [1.29, 1.82) is 0 Å². The van der Waals surface area contributed by atoms with Crippen molar-refractivity contribution in [2.45, 2.75) is 31.8 Å². The van der Waals surface area contributed by atoms with Crippen LogP contribution in [0.15, 0.2) is 11.6 Å². The predicted octanol–water partition coefficient (Wildman–Crippen LogP) is 0.887. The minimum absolute atomic E-state index is 0.0320. The monoisotopic (exact) mass is 225 g/mol. The van der Waals surface area contributed by atoms with E-state index in [0.717, 1.165) is 5.01 Å². The molecular weight excluding hydrogens is 210 g/mol. The highest BCUT2D eigenvalue weighted by molar-refractivity contribution is 7.09. The van der Waals surface area contributed by atoms with Crippen molar-refractivity contribution in [1.82, 2.24) is 10.3 Å². The molecule has 1 heterocycles. The summed E-state index contributed by atoms with van der Waals surface area (Å²) in [4.78, 5) is 15.6. The van der Waals surface area contributed by atoms with Crippen molar-refractivity contribution in [2.24, 2.45) is 11.7 Å². The first kappa shape index (κ1) is 10.6. The standard InChI is InChI=1S/C10H15N3OS/c11-8(7-1-2-7)5-9(14)13-6-10-12-3-4-15-10/h3-4,7-8H,1-2,5-6,11H2,(H,13,14). The van der Waals surface area contributed by atoms with Crippen LogP contribution in [0.25, 0.3) is 0 Å². The van der Waals surface area contributed by atoms with E-state index in [9.17, 15) is 4.79 Å². The molecule has 1 amide bonds. The lowest BCUT2D eigenvalue weighted by atomic mass is 10.1.